The van der Waals surface area contributed by atoms with Crippen molar-refractivity contribution >= 4 is 11.8 Å². The lowest BCUT2D eigenvalue weighted by atomic mass is 9.43. The molecule has 0 spiro atoms. The summed E-state index contributed by atoms with van der Waals surface area (Å²) in [6, 6.07) is 9.76. The number of rotatable bonds is 6. The predicted molar refractivity (Wildman–Crippen MR) is 138 cm³/mol. The summed E-state index contributed by atoms with van der Waals surface area (Å²) in [4.78, 5) is 24.7. The molecule has 0 amide bonds. The minimum atomic E-state index is -0.413. The maximum atomic E-state index is 12.5. The number of fused-ring (bicyclic) bond motifs is 5. The Morgan fingerprint density at radius 3 is 2.61 bits per heavy atom. The van der Waals surface area contributed by atoms with Crippen LogP contribution in [0, 0.1) is 46.3 Å². The second-order valence-electron chi connectivity index (χ2n) is 13.0. The fourth-order valence-electron chi connectivity index (χ4n) is 9.30. The molecule has 4 aliphatic carbocycles. The van der Waals surface area contributed by atoms with Gasteiger partial charge < -0.3 is 14.9 Å². The van der Waals surface area contributed by atoms with E-state index in [0.29, 0.717) is 43.5 Å². The number of carbonyl (C=O) groups excluding carboxylic acids is 2. The second-order valence-corrected chi connectivity index (χ2v) is 13.0. The topological polar surface area (TPSA) is 83.8 Å². The Morgan fingerprint density at radius 2 is 1.86 bits per heavy atom. The van der Waals surface area contributed by atoms with Crippen LogP contribution in [0.1, 0.15) is 84.1 Å². The minimum absolute atomic E-state index is 0.0341. The number of carbonyl (C=O) groups is 2. The van der Waals surface area contributed by atoms with Gasteiger partial charge in [-0.2, -0.15) is 0 Å². The van der Waals surface area contributed by atoms with Crippen LogP contribution in [0.2, 0.25) is 0 Å². The first-order valence-electron chi connectivity index (χ1n) is 14.2. The number of benzene rings is 1. The highest BCUT2D eigenvalue weighted by atomic mass is 16.5. The lowest BCUT2D eigenvalue weighted by Gasteiger charge is -2.63. The van der Waals surface area contributed by atoms with Crippen LogP contribution in [-0.4, -0.2) is 34.2 Å². The van der Waals surface area contributed by atoms with Crippen LogP contribution in [0.4, 0.5) is 0 Å². The van der Waals surface area contributed by atoms with Crippen molar-refractivity contribution in [1.82, 2.24) is 0 Å². The number of Topliss-reactive ketones (excluding diaryl/α,β-unsaturated/α-hetero) is 1. The summed E-state index contributed by atoms with van der Waals surface area (Å²) in [6.45, 7) is 7.12. The molecule has 5 rings (SSSR count). The van der Waals surface area contributed by atoms with Crippen molar-refractivity contribution in [3.8, 4) is 0 Å². The molecule has 0 radical (unpaired) electrons. The lowest BCUT2D eigenvalue weighted by molar-refractivity contribution is -0.201. The highest BCUT2D eigenvalue weighted by molar-refractivity contribution is 5.79. The smallest absolute Gasteiger partial charge is 0.306 e. The van der Waals surface area contributed by atoms with Gasteiger partial charge in [-0.15, -0.1) is 0 Å². The van der Waals surface area contributed by atoms with Crippen molar-refractivity contribution in [3.63, 3.8) is 0 Å². The van der Waals surface area contributed by atoms with Crippen LogP contribution in [0.3, 0.4) is 0 Å². The summed E-state index contributed by atoms with van der Waals surface area (Å²) < 4.78 is 5.50. The van der Waals surface area contributed by atoms with E-state index in [1.807, 2.05) is 30.3 Å². The summed E-state index contributed by atoms with van der Waals surface area (Å²) in [5.41, 5.74) is 0.782. The zero-order chi connectivity index (χ0) is 25.7. The van der Waals surface area contributed by atoms with Crippen molar-refractivity contribution < 1.29 is 24.5 Å². The Morgan fingerprint density at radius 1 is 1.11 bits per heavy atom. The Labute approximate surface area is 216 Å². The van der Waals surface area contributed by atoms with Crippen molar-refractivity contribution in [1.29, 1.82) is 0 Å². The molecule has 0 saturated heterocycles. The quantitative estimate of drug-likeness (QED) is 0.521. The van der Waals surface area contributed by atoms with Crippen molar-refractivity contribution in [2.45, 2.75) is 97.4 Å². The average Bonchev–Trinajstić information content (AvgIpc) is 3.22. The van der Waals surface area contributed by atoms with Crippen molar-refractivity contribution in [3.05, 3.63) is 35.9 Å². The van der Waals surface area contributed by atoms with Gasteiger partial charge in [-0.1, -0.05) is 51.1 Å². The SMILES string of the molecule is C[C@H](CCC(=O)OCc1ccccc1)[C@H]1CC[C@H]2[C@@H]3[C@H](O)C[C@@H]4CC(=O)CC[C@]4(C)[C@H]3C[C@H](O)[C@]12C. The second kappa shape index (κ2) is 9.87. The van der Waals surface area contributed by atoms with Gasteiger partial charge in [0.15, 0.2) is 0 Å². The lowest BCUT2D eigenvalue weighted by Crippen LogP contribution is -2.62. The zero-order valence-corrected chi connectivity index (χ0v) is 22.2. The van der Waals surface area contributed by atoms with Gasteiger partial charge in [-0.05, 0) is 90.4 Å². The molecule has 4 saturated carbocycles. The van der Waals surface area contributed by atoms with E-state index in [-0.39, 0.29) is 40.5 Å². The molecule has 1 aromatic rings. The third-order valence-electron chi connectivity index (χ3n) is 11.4. The van der Waals surface area contributed by atoms with Gasteiger partial charge in [0.1, 0.15) is 12.4 Å². The van der Waals surface area contributed by atoms with Crippen LogP contribution in [0.15, 0.2) is 30.3 Å². The van der Waals surface area contributed by atoms with Crippen LogP contribution in [-0.2, 0) is 20.9 Å². The van der Waals surface area contributed by atoms with E-state index in [1.165, 1.54) is 0 Å². The molecule has 0 aliphatic heterocycles. The van der Waals surface area contributed by atoms with Crippen LogP contribution < -0.4 is 0 Å². The first-order valence-corrected chi connectivity index (χ1v) is 14.2. The third kappa shape index (κ3) is 4.34. The molecular weight excluding hydrogens is 452 g/mol. The van der Waals surface area contributed by atoms with Gasteiger partial charge in [0.05, 0.1) is 12.2 Å². The van der Waals surface area contributed by atoms with Gasteiger partial charge in [0.2, 0.25) is 0 Å². The molecule has 5 heteroatoms. The molecule has 198 valence electrons. The molecule has 5 nitrogen and oxygen atoms in total. The molecule has 0 unspecified atom stereocenters. The summed E-state index contributed by atoms with van der Waals surface area (Å²) in [5.74, 6) is 1.79. The standard InChI is InChI=1S/C31H44O5/c1-19(9-12-28(35)36-18-20-7-5-4-6-8-20)23-10-11-24-29-25(17-27(34)31(23,24)3)30(2)14-13-22(32)15-21(30)16-26(29)33/h4-8,19,21,23-27,29,33-34H,9-18H2,1-3H3/t19-,21+,23-,24+,25+,26-,27+,29+,30+,31-/m1/s1. The number of ketones is 1. The zero-order valence-electron chi connectivity index (χ0n) is 22.2. The van der Waals surface area contributed by atoms with E-state index in [4.69, 9.17) is 4.74 Å². The summed E-state index contributed by atoms with van der Waals surface area (Å²) >= 11 is 0. The number of aliphatic hydroxyl groups excluding tert-OH is 2. The van der Waals surface area contributed by atoms with Gasteiger partial charge in [-0.25, -0.2) is 0 Å². The molecule has 1 aromatic carbocycles. The molecule has 10 atom stereocenters. The maximum Gasteiger partial charge on any atom is 0.306 e. The molecule has 4 fully saturated rings. The Hall–Kier alpha value is -1.72. The van der Waals surface area contributed by atoms with E-state index < -0.39 is 12.2 Å². The normalized spacial score (nSPS) is 42.7. The van der Waals surface area contributed by atoms with Gasteiger partial charge in [0.25, 0.3) is 0 Å². The Bertz CT molecular complexity index is 961. The molecule has 4 aliphatic rings. The first-order chi connectivity index (χ1) is 17.1. The molecular formula is C31H44O5. The van der Waals surface area contributed by atoms with Gasteiger partial charge in [-0.3, -0.25) is 9.59 Å². The molecule has 0 heterocycles. The fourth-order valence-corrected chi connectivity index (χ4v) is 9.30. The van der Waals surface area contributed by atoms with E-state index >= 15 is 0 Å². The average molecular weight is 497 g/mol. The van der Waals surface area contributed by atoms with Crippen LogP contribution in [0.5, 0.6) is 0 Å². The van der Waals surface area contributed by atoms with Crippen molar-refractivity contribution in [2.75, 3.05) is 0 Å². The van der Waals surface area contributed by atoms with Crippen LogP contribution in [0.25, 0.3) is 0 Å². The molecule has 0 aromatic heterocycles. The van der Waals surface area contributed by atoms with E-state index in [0.717, 1.165) is 44.1 Å². The fraction of sp³-hybridized carbons (Fsp3) is 0.742. The van der Waals surface area contributed by atoms with Crippen LogP contribution >= 0.6 is 0 Å². The monoisotopic (exact) mass is 496 g/mol. The summed E-state index contributed by atoms with van der Waals surface area (Å²) in [7, 11) is 0. The minimum Gasteiger partial charge on any atom is -0.461 e. The van der Waals surface area contributed by atoms with E-state index in [9.17, 15) is 19.8 Å². The van der Waals surface area contributed by atoms with Gasteiger partial charge in [0, 0.05) is 19.3 Å². The van der Waals surface area contributed by atoms with E-state index in [1.54, 1.807) is 0 Å². The molecule has 0 bridgehead atoms. The molecule has 36 heavy (non-hydrogen) atoms. The third-order valence-corrected chi connectivity index (χ3v) is 11.4. The highest BCUT2D eigenvalue weighted by Gasteiger charge is 2.65. The Kier molecular flexibility index (Phi) is 7.10. The summed E-state index contributed by atoms with van der Waals surface area (Å²) in [6.07, 6.45) is 5.98. The van der Waals surface area contributed by atoms with Gasteiger partial charge >= 0.3 is 5.97 Å². The summed E-state index contributed by atoms with van der Waals surface area (Å²) in [5, 5.41) is 23.1. The number of aliphatic hydroxyl groups is 2. The number of hydrogen-bond acceptors (Lipinski definition) is 5. The predicted octanol–water partition coefficient (Wildman–Crippen LogP) is 5.32. The molecule has 2 N–H and O–H groups in total. The number of hydrogen-bond donors (Lipinski definition) is 2. The van der Waals surface area contributed by atoms with Crippen molar-refractivity contribution in [2.24, 2.45) is 46.3 Å². The first kappa shape index (κ1) is 25.9. The maximum absolute atomic E-state index is 12.5. The largest absolute Gasteiger partial charge is 0.461 e. The van der Waals surface area contributed by atoms with E-state index in [2.05, 4.69) is 20.8 Å². The Balaban J connectivity index is 1.25. The highest BCUT2D eigenvalue weighted by Crippen LogP contribution is 2.68. The number of ether oxygens (including phenoxy) is 1. The number of esters is 1.